The normalized spacial score (nSPS) is 31.8. The Kier molecular flexibility index (Phi) is 4.51. The molecule has 110 valence electrons. The average molecular weight is 268 g/mol. The molecule has 2 saturated carbocycles. The van der Waals surface area contributed by atoms with Gasteiger partial charge in [-0.2, -0.15) is 0 Å². The quantitative estimate of drug-likeness (QED) is 0.774. The van der Waals surface area contributed by atoms with E-state index in [0.29, 0.717) is 12.1 Å². The Morgan fingerprint density at radius 1 is 1.32 bits per heavy atom. The summed E-state index contributed by atoms with van der Waals surface area (Å²) in [6.45, 7) is 4.19. The summed E-state index contributed by atoms with van der Waals surface area (Å²) < 4.78 is 5.08. The molecule has 0 spiro atoms. The van der Waals surface area contributed by atoms with Crippen molar-refractivity contribution >= 4 is 5.97 Å². The largest absolute Gasteiger partial charge is 0.468 e. The highest BCUT2D eigenvalue weighted by Crippen LogP contribution is 2.36. The van der Waals surface area contributed by atoms with E-state index in [1.165, 1.54) is 26.4 Å². The molecule has 2 unspecified atom stereocenters. The van der Waals surface area contributed by atoms with Gasteiger partial charge in [-0.1, -0.05) is 0 Å². The Morgan fingerprint density at radius 3 is 2.53 bits per heavy atom. The lowest BCUT2D eigenvalue weighted by molar-refractivity contribution is -0.151. The van der Waals surface area contributed by atoms with Gasteiger partial charge in [0.25, 0.3) is 0 Å². The summed E-state index contributed by atoms with van der Waals surface area (Å²) in [6, 6.07) is 1.55. The molecular formula is C15H28N2O2. The Bertz CT molecular complexity index is 328. The minimum absolute atomic E-state index is 0.0879. The zero-order valence-corrected chi connectivity index (χ0v) is 12.7. The van der Waals surface area contributed by atoms with Crippen molar-refractivity contribution < 1.29 is 9.53 Å². The van der Waals surface area contributed by atoms with Gasteiger partial charge in [0, 0.05) is 18.1 Å². The van der Waals surface area contributed by atoms with Gasteiger partial charge < -0.3 is 9.64 Å². The molecule has 1 N–H and O–H groups in total. The number of nitrogens with one attached hydrogen (secondary N) is 1. The highest BCUT2D eigenvalue weighted by molar-refractivity contribution is 5.81. The number of rotatable bonds is 5. The second-order valence-electron chi connectivity index (χ2n) is 6.52. The number of methoxy groups -OCH3 is 1. The molecule has 0 bridgehead atoms. The number of hydrogen-bond acceptors (Lipinski definition) is 4. The van der Waals surface area contributed by atoms with Crippen LogP contribution in [0.4, 0.5) is 0 Å². The van der Waals surface area contributed by atoms with Crippen molar-refractivity contribution in [2.24, 2.45) is 0 Å². The summed E-state index contributed by atoms with van der Waals surface area (Å²) >= 11 is 0. The molecule has 0 aromatic heterocycles. The minimum Gasteiger partial charge on any atom is -0.468 e. The molecule has 2 aliphatic rings. The van der Waals surface area contributed by atoms with Crippen LogP contribution in [0.3, 0.4) is 0 Å². The lowest BCUT2D eigenvalue weighted by Crippen LogP contribution is -2.60. The van der Waals surface area contributed by atoms with Gasteiger partial charge in [-0.25, -0.2) is 0 Å². The first-order chi connectivity index (χ1) is 8.98. The Hall–Kier alpha value is -0.610. The summed E-state index contributed by atoms with van der Waals surface area (Å²) in [4.78, 5) is 14.8. The van der Waals surface area contributed by atoms with E-state index in [-0.39, 0.29) is 5.97 Å². The first-order valence-corrected chi connectivity index (χ1v) is 7.56. The van der Waals surface area contributed by atoms with Gasteiger partial charge in [0.1, 0.15) is 5.54 Å². The highest BCUT2D eigenvalue weighted by Gasteiger charge is 2.46. The molecule has 0 amide bonds. The van der Waals surface area contributed by atoms with Crippen molar-refractivity contribution in [2.75, 3.05) is 14.2 Å². The van der Waals surface area contributed by atoms with E-state index in [1.807, 2.05) is 0 Å². The van der Waals surface area contributed by atoms with Gasteiger partial charge in [-0.3, -0.25) is 10.1 Å². The lowest BCUT2D eigenvalue weighted by atomic mass is 9.78. The third-order valence-electron chi connectivity index (χ3n) is 4.56. The number of carbonyl (C=O) groups excluding carboxylic acids is 1. The van der Waals surface area contributed by atoms with Crippen molar-refractivity contribution in [1.82, 2.24) is 10.2 Å². The van der Waals surface area contributed by atoms with Crippen LogP contribution >= 0.6 is 0 Å². The van der Waals surface area contributed by atoms with Crippen LogP contribution in [-0.4, -0.2) is 48.7 Å². The molecule has 2 atom stereocenters. The Balaban J connectivity index is 2.10. The van der Waals surface area contributed by atoms with Crippen molar-refractivity contribution in [3.05, 3.63) is 0 Å². The molecule has 2 fully saturated rings. The molecule has 0 saturated heterocycles. The first-order valence-electron chi connectivity index (χ1n) is 7.56. The summed E-state index contributed by atoms with van der Waals surface area (Å²) in [6.07, 6.45) is 6.70. The second kappa shape index (κ2) is 5.80. The summed E-state index contributed by atoms with van der Waals surface area (Å²) in [7, 11) is 3.71. The van der Waals surface area contributed by atoms with Crippen LogP contribution in [0, 0.1) is 0 Å². The van der Waals surface area contributed by atoms with Crippen molar-refractivity contribution in [3.8, 4) is 0 Å². The smallest absolute Gasteiger partial charge is 0.326 e. The van der Waals surface area contributed by atoms with Gasteiger partial charge >= 0.3 is 5.97 Å². The average Bonchev–Trinajstić information content (AvgIpc) is 3.20. The van der Waals surface area contributed by atoms with E-state index in [0.717, 1.165) is 25.3 Å². The molecule has 0 aromatic rings. The van der Waals surface area contributed by atoms with Crippen molar-refractivity contribution in [2.45, 2.75) is 76.0 Å². The summed E-state index contributed by atoms with van der Waals surface area (Å²) in [5.74, 6) is -0.0879. The molecule has 0 radical (unpaired) electrons. The molecule has 2 rings (SSSR count). The van der Waals surface area contributed by atoms with Crippen molar-refractivity contribution in [3.63, 3.8) is 0 Å². The standard InChI is InChI=1S/C15H28N2O2/c1-11(2)16-15(14(18)19-4)9-5-6-13(10-15)17(3)12-7-8-12/h11-13,16H,5-10H2,1-4H3. The van der Waals surface area contributed by atoms with Gasteiger partial charge in [-0.05, 0) is 59.4 Å². The maximum atomic E-state index is 12.3. The van der Waals surface area contributed by atoms with E-state index in [1.54, 1.807) is 0 Å². The van der Waals surface area contributed by atoms with E-state index >= 15 is 0 Å². The van der Waals surface area contributed by atoms with E-state index in [2.05, 4.69) is 31.1 Å². The van der Waals surface area contributed by atoms with Crippen LogP contribution in [0.5, 0.6) is 0 Å². The predicted octanol–water partition coefficient (Wildman–Crippen LogP) is 1.93. The Morgan fingerprint density at radius 2 is 2.00 bits per heavy atom. The number of nitrogens with zero attached hydrogens (tertiary/aromatic N) is 1. The molecule has 4 nitrogen and oxygen atoms in total. The zero-order chi connectivity index (χ0) is 14.0. The molecule has 19 heavy (non-hydrogen) atoms. The third-order valence-corrected chi connectivity index (χ3v) is 4.56. The van der Waals surface area contributed by atoms with Crippen LogP contribution in [0.15, 0.2) is 0 Å². The van der Waals surface area contributed by atoms with E-state index in [9.17, 15) is 4.79 Å². The second-order valence-corrected chi connectivity index (χ2v) is 6.52. The van der Waals surface area contributed by atoms with Crippen LogP contribution in [0.2, 0.25) is 0 Å². The number of carbonyl (C=O) groups is 1. The zero-order valence-electron chi connectivity index (χ0n) is 12.7. The van der Waals surface area contributed by atoms with E-state index in [4.69, 9.17) is 4.74 Å². The fraction of sp³-hybridized carbons (Fsp3) is 0.933. The molecule has 0 aromatic carbocycles. The van der Waals surface area contributed by atoms with Gasteiger partial charge in [0.15, 0.2) is 0 Å². The number of hydrogen-bond donors (Lipinski definition) is 1. The number of ether oxygens (including phenoxy) is 1. The van der Waals surface area contributed by atoms with E-state index < -0.39 is 5.54 Å². The van der Waals surface area contributed by atoms with Crippen LogP contribution in [0.1, 0.15) is 52.4 Å². The minimum atomic E-state index is -0.477. The first kappa shape index (κ1) is 14.8. The highest BCUT2D eigenvalue weighted by atomic mass is 16.5. The van der Waals surface area contributed by atoms with Crippen LogP contribution in [-0.2, 0) is 9.53 Å². The maximum absolute atomic E-state index is 12.3. The van der Waals surface area contributed by atoms with Crippen LogP contribution < -0.4 is 5.32 Å². The van der Waals surface area contributed by atoms with Crippen molar-refractivity contribution in [1.29, 1.82) is 0 Å². The molecule has 2 aliphatic carbocycles. The SMILES string of the molecule is COC(=O)C1(NC(C)C)CCCC(N(C)C2CC2)C1. The summed E-state index contributed by atoms with van der Waals surface area (Å²) in [5.41, 5.74) is -0.477. The van der Waals surface area contributed by atoms with Gasteiger partial charge in [0.05, 0.1) is 7.11 Å². The summed E-state index contributed by atoms with van der Waals surface area (Å²) in [5, 5.41) is 3.49. The fourth-order valence-electron chi connectivity index (χ4n) is 3.50. The molecule has 4 heteroatoms. The molecular weight excluding hydrogens is 240 g/mol. The van der Waals surface area contributed by atoms with Gasteiger partial charge in [0.2, 0.25) is 0 Å². The topological polar surface area (TPSA) is 41.6 Å². The van der Waals surface area contributed by atoms with Gasteiger partial charge in [-0.15, -0.1) is 0 Å². The predicted molar refractivity (Wildman–Crippen MR) is 76.1 cm³/mol. The number of esters is 1. The third kappa shape index (κ3) is 3.29. The molecule has 0 heterocycles. The fourth-order valence-corrected chi connectivity index (χ4v) is 3.50. The lowest BCUT2D eigenvalue weighted by Gasteiger charge is -2.43. The van der Waals surface area contributed by atoms with Crippen LogP contribution in [0.25, 0.3) is 0 Å². The maximum Gasteiger partial charge on any atom is 0.326 e. The Labute approximate surface area is 116 Å². The monoisotopic (exact) mass is 268 g/mol. The molecule has 0 aliphatic heterocycles.